The lowest BCUT2D eigenvalue weighted by atomic mass is 9.86. The fourth-order valence-corrected chi connectivity index (χ4v) is 8.66. The maximum atomic E-state index is 6.46. The van der Waals surface area contributed by atoms with Gasteiger partial charge in [-0.1, -0.05) is 127 Å². The van der Waals surface area contributed by atoms with E-state index in [1.54, 1.807) is 0 Å². The fourth-order valence-electron chi connectivity index (χ4n) is 7.41. The molecule has 0 spiro atoms. The molecular formula is C44H26OS. The van der Waals surface area contributed by atoms with Crippen LogP contribution in [0.15, 0.2) is 162 Å². The zero-order valence-corrected chi connectivity index (χ0v) is 25.6. The van der Waals surface area contributed by atoms with Crippen molar-refractivity contribution in [2.45, 2.75) is 0 Å². The Labute approximate surface area is 269 Å². The smallest absolute Gasteiger partial charge is 0.136 e. The maximum absolute atomic E-state index is 6.46. The maximum Gasteiger partial charge on any atom is 0.136 e. The topological polar surface area (TPSA) is 13.1 Å². The van der Waals surface area contributed by atoms with Crippen LogP contribution in [0.5, 0.6) is 0 Å². The molecule has 0 amide bonds. The summed E-state index contributed by atoms with van der Waals surface area (Å²) in [6.45, 7) is 0. The SMILES string of the molecule is c1ccc(-c2c3ccccc3c(-c3ccc(-c4ccc5c(c4)oc4ccc6c7ccccc7sc6c45)cc3)c3ccccc23)cc1. The van der Waals surface area contributed by atoms with Crippen molar-refractivity contribution in [3.05, 3.63) is 158 Å². The van der Waals surface area contributed by atoms with Crippen molar-refractivity contribution in [2.75, 3.05) is 0 Å². The van der Waals surface area contributed by atoms with Crippen LogP contribution in [0.2, 0.25) is 0 Å². The minimum Gasteiger partial charge on any atom is -0.456 e. The first-order chi connectivity index (χ1) is 22.8. The van der Waals surface area contributed by atoms with Gasteiger partial charge < -0.3 is 4.42 Å². The molecule has 2 heterocycles. The minimum absolute atomic E-state index is 0.926. The van der Waals surface area contributed by atoms with Crippen molar-refractivity contribution in [1.82, 2.24) is 0 Å². The van der Waals surface area contributed by atoms with Gasteiger partial charge in [0.1, 0.15) is 11.2 Å². The molecule has 0 atom stereocenters. The van der Waals surface area contributed by atoms with Gasteiger partial charge in [0.15, 0.2) is 0 Å². The summed E-state index contributed by atoms with van der Waals surface area (Å²) < 4.78 is 9.07. The van der Waals surface area contributed by atoms with E-state index in [1.165, 1.54) is 80.3 Å². The molecule has 2 aromatic heterocycles. The van der Waals surface area contributed by atoms with Gasteiger partial charge in [-0.05, 0) is 85.3 Å². The highest BCUT2D eigenvalue weighted by Gasteiger charge is 2.18. The predicted molar refractivity (Wildman–Crippen MR) is 198 cm³/mol. The van der Waals surface area contributed by atoms with Crippen molar-refractivity contribution in [2.24, 2.45) is 0 Å². The number of fused-ring (bicyclic) bond motifs is 9. The van der Waals surface area contributed by atoms with Crippen LogP contribution < -0.4 is 0 Å². The Kier molecular flexibility index (Phi) is 5.51. The predicted octanol–water partition coefficient (Wildman–Crippen LogP) is 13.3. The first kappa shape index (κ1) is 25.6. The number of hydrogen-bond donors (Lipinski definition) is 0. The molecule has 46 heavy (non-hydrogen) atoms. The Bertz CT molecular complexity index is 2730. The summed E-state index contributed by atoms with van der Waals surface area (Å²) in [5, 5.41) is 10.1. The number of benzene rings is 8. The van der Waals surface area contributed by atoms with E-state index in [0.29, 0.717) is 0 Å². The lowest BCUT2D eigenvalue weighted by Gasteiger charge is -2.18. The summed E-state index contributed by atoms with van der Waals surface area (Å²) in [4.78, 5) is 0. The van der Waals surface area contributed by atoms with Crippen LogP contribution in [0.3, 0.4) is 0 Å². The molecular weight excluding hydrogens is 577 g/mol. The molecule has 0 aliphatic heterocycles. The standard InChI is InChI=1S/C44H26OS/c1-2-10-28(11-3-1)41-32-13-4-6-15-34(32)42(35-16-7-5-14-33(35)41)29-20-18-27(19-21-29)30-22-23-37-39(26-30)45-38-25-24-36-31-12-8-9-17-40(31)46-44(36)43(37)38/h1-26H. The number of furan rings is 1. The number of hydrogen-bond acceptors (Lipinski definition) is 2. The third kappa shape index (κ3) is 3.74. The van der Waals surface area contributed by atoms with Crippen molar-refractivity contribution in [3.8, 4) is 33.4 Å². The van der Waals surface area contributed by atoms with Gasteiger partial charge in [0.2, 0.25) is 0 Å². The van der Waals surface area contributed by atoms with Gasteiger partial charge in [0.25, 0.3) is 0 Å². The van der Waals surface area contributed by atoms with Gasteiger partial charge in [0.05, 0.1) is 0 Å². The van der Waals surface area contributed by atoms with Crippen LogP contribution in [-0.2, 0) is 0 Å². The normalized spacial score (nSPS) is 11.9. The van der Waals surface area contributed by atoms with Crippen molar-refractivity contribution in [1.29, 1.82) is 0 Å². The summed E-state index contributed by atoms with van der Waals surface area (Å²) in [7, 11) is 0. The second kappa shape index (κ2) is 9.90. The second-order valence-corrected chi connectivity index (χ2v) is 13.1. The van der Waals surface area contributed by atoms with E-state index < -0.39 is 0 Å². The van der Waals surface area contributed by atoms with E-state index in [1.807, 2.05) is 11.3 Å². The largest absolute Gasteiger partial charge is 0.456 e. The Morgan fingerprint density at radius 2 is 0.870 bits per heavy atom. The summed E-state index contributed by atoms with van der Waals surface area (Å²) in [6, 6.07) is 57.1. The van der Waals surface area contributed by atoms with E-state index >= 15 is 0 Å². The average Bonchev–Trinajstić information content (AvgIpc) is 3.69. The first-order valence-corrected chi connectivity index (χ1v) is 16.5. The fraction of sp³-hybridized carbons (Fsp3) is 0. The lowest BCUT2D eigenvalue weighted by molar-refractivity contribution is 0.669. The molecule has 0 saturated carbocycles. The Hall–Kier alpha value is -5.70. The summed E-state index contributed by atoms with van der Waals surface area (Å²) in [5.74, 6) is 0. The van der Waals surface area contributed by atoms with Crippen LogP contribution in [0.4, 0.5) is 0 Å². The number of rotatable bonds is 3. The van der Waals surface area contributed by atoms with E-state index in [0.717, 1.165) is 16.7 Å². The third-order valence-corrected chi connectivity index (χ3v) is 10.7. The molecule has 10 rings (SSSR count). The summed E-state index contributed by atoms with van der Waals surface area (Å²) >= 11 is 1.85. The van der Waals surface area contributed by atoms with Gasteiger partial charge in [-0.25, -0.2) is 0 Å². The molecule has 1 nitrogen and oxygen atoms in total. The Morgan fingerprint density at radius 1 is 0.348 bits per heavy atom. The molecule has 0 unspecified atom stereocenters. The minimum atomic E-state index is 0.926. The lowest BCUT2D eigenvalue weighted by Crippen LogP contribution is -1.90. The Morgan fingerprint density at radius 3 is 1.54 bits per heavy atom. The Balaban J connectivity index is 1.11. The van der Waals surface area contributed by atoms with Gasteiger partial charge in [0, 0.05) is 30.9 Å². The molecule has 214 valence electrons. The zero-order valence-electron chi connectivity index (χ0n) is 24.8. The first-order valence-electron chi connectivity index (χ1n) is 15.7. The van der Waals surface area contributed by atoms with E-state index in [2.05, 4.69) is 158 Å². The highest BCUT2D eigenvalue weighted by molar-refractivity contribution is 7.26. The highest BCUT2D eigenvalue weighted by Crippen LogP contribution is 2.45. The summed E-state index contributed by atoms with van der Waals surface area (Å²) in [5.41, 5.74) is 9.22. The van der Waals surface area contributed by atoms with Gasteiger partial charge in [-0.15, -0.1) is 11.3 Å². The summed E-state index contributed by atoms with van der Waals surface area (Å²) in [6.07, 6.45) is 0. The van der Waals surface area contributed by atoms with Crippen LogP contribution in [0.25, 0.3) is 97.0 Å². The molecule has 0 saturated heterocycles. The molecule has 0 fully saturated rings. The molecule has 10 aromatic rings. The third-order valence-electron chi connectivity index (χ3n) is 9.48. The van der Waals surface area contributed by atoms with E-state index in [4.69, 9.17) is 4.42 Å². The second-order valence-electron chi connectivity index (χ2n) is 12.0. The molecule has 8 aromatic carbocycles. The van der Waals surface area contributed by atoms with Gasteiger partial charge >= 0.3 is 0 Å². The van der Waals surface area contributed by atoms with Crippen molar-refractivity contribution in [3.63, 3.8) is 0 Å². The molecule has 2 heteroatoms. The van der Waals surface area contributed by atoms with E-state index in [9.17, 15) is 0 Å². The van der Waals surface area contributed by atoms with Crippen molar-refractivity contribution < 1.29 is 4.42 Å². The van der Waals surface area contributed by atoms with Crippen LogP contribution in [0, 0.1) is 0 Å². The monoisotopic (exact) mass is 602 g/mol. The van der Waals surface area contributed by atoms with Crippen LogP contribution >= 0.6 is 11.3 Å². The molecule has 0 N–H and O–H groups in total. The van der Waals surface area contributed by atoms with Crippen molar-refractivity contribution >= 4 is 75.0 Å². The van der Waals surface area contributed by atoms with Gasteiger partial charge in [-0.3, -0.25) is 0 Å². The highest BCUT2D eigenvalue weighted by atomic mass is 32.1. The molecule has 0 aliphatic rings. The molecule has 0 bridgehead atoms. The zero-order chi connectivity index (χ0) is 30.2. The molecule has 0 radical (unpaired) electrons. The van der Waals surface area contributed by atoms with E-state index in [-0.39, 0.29) is 0 Å². The average molecular weight is 603 g/mol. The van der Waals surface area contributed by atoms with Gasteiger partial charge in [-0.2, -0.15) is 0 Å². The molecule has 0 aliphatic carbocycles. The number of thiophene rings is 1. The van der Waals surface area contributed by atoms with Crippen LogP contribution in [-0.4, -0.2) is 0 Å². The van der Waals surface area contributed by atoms with Crippen LogP contribution in [0.1, 0.15) is 0 Å². The quantitative estimate of drug-likeness (QED) is 0.183.